The van der Waals surface area contributed by atoms with Gasteiger partial charge in [0, 0.05) is 24.8 Å². The van der Waals surface area contributed by atoms with Gasteiger partial charge < -0.3 is 10.1 Å². The van der Waals surface area contributed by atoms with E-state index < -0.39 is 0 Å². The maximum atomic E-state index is 6.15. The molecule has 0 saturated carbocycles. The predicted molar refractivity (Wildman–Crippen MR) is 159 cm³/mol. The Kier molecular flexibility index (Phi) is 13.2. The number of hydrogen-bond acceptors (Lipinski definition) is 5. The number of nitrogens with one attached hydrogen (secondary N) is 1. The molecule has 2 aromatic heterocycles. The van der Waals surface area contributed by atoms with Gasteiger partial charge in [-0.15, -0.1) is 17.5 Å². The maximum Gasteiger partial charge on any atom is 0.112 e. The number of ether oxygens (including phenoxy) is 1. The Hall–Kier alpha value is -2.34. The van der Waals surface area contributed by atoms with Gasteiger partial charge in [-0.3, -0.25) is 4.98 Å². The average Bonchev–Trinajstić information content (AvgIpc) is 3.41. The Balaban J connectivity index is 0.00000400. The molecule has 1 N–H and O–H groups in total. The highest BCUT2D eigenvalue weighted by molar-refractivity contribution is 5.85. The largest absolute Gasteiger partial charge is 0.380 e. The van der Waals surface area contributed by atoms with Crippen molar-refractivity contribution in [3.63, 3.8) is 0 Å². The first-order chi connectivity index (χ1) is 18.2. The molecular formula is C32H45ClN4O. The summed E-state index contributed by atoms with van der Waals surface area (Å²) in [6.45, 7) is 6.88. The van der Waals surface area contributed by atoms with E-state index in [4.69, 9.17) is 4.74 Å². The summed E-state index contributed by atoms with van der Waals surface area (Å²) in [6, 6.07) is 17.8. The molecule has 1 aromatic carbocycles. The first-order valence-corrected chi connectivity index (χ1v) is 14.4. The van der Waals surface area contributed by atoms with Crippen LogP contribution >= 0.6 is 12.4 Å². The van der Waals surface area contributed by atoms with E-state index in [-0.39, 0.29) is 12.4 Å². The molecule has 0 aliphatic carbocycles. The zero-order valence-electron chi connectivity index (χ0n) is 23.2. The number of aromatic nitrogens is 3. The number of halogens is 1. The van der Waals surface area contributed by atoms with Crippen LogP contribution in [-0.4, -0.2) is 41.0 Å². The van der Waals surface area contributed by atoms with E-state index in [9.17, 15) is 0 Å². The standard InChI is InChI=1S/C32H44N4O.ClH/c1-3-4-5-6-7-8-12-26-15-17-27(18-16-26)29-19-21-34-32(29)24-37-22-11-13-28-23-31(36-35-25(28)2)30-14-9-10-20-33-30;/h9-10,14-18,20,23,29,32,34H,3-8,11-13,19,21-22,24H2,1-2H3;1H/t29-,32-;/m1./s1. The van der Waals surface area contributed by atoms with Gasteiger partial charge in [0.1, 0.15) is 5.69 Å². The number of benzene rings is 1. The lowest BCUT2D eigenvalue weighted by Crippen LogP contribution is -2.31. The lowest BCUT2D eigenvalue weighted by Gasteiger charge is -2.20. The smallest absolute Gasteiger partial charge is 0.112 e. The maximum absolute atomic E-state index is 6.15. The third-order valence-corrected chi connectivity index (χ3v) is 7.62. The highest BCUT2D eigenvalue weighted by Gasteiger charge is 2.28. The molecule has 1 saturated heterocycles. The van der Waals surface area contributed by atoms with Crippen molar-refractivity contribution in [3.8, 4) is 11.4 Å². The van der Waals surface area contributed by atoms with Crippen molar-refractivity contribution >= 4 is 12.4 Å². The van der Waals surface area contributed by atoms with E-state index in [1.54, 1.807) is 6.20 Å². The van der Waals surface area contributed by atoms with Crippen molar-refractivity contribution in [1.82, 2.24) is 20.5 Å². The zero-order valence-corrected chi connectivity index (χ0v) is 24.0. The van der Waals surface area contributed by atoms with Crippen molar-refractivity contribution in [3.05, 3.63) is 77.1 Å². The van der Waals surface area contributed by atoms with Crippen LogP contribution in [0.1, 0.15) is 86.6 Å². The lowest BCUT2D eigenvalue weighted by atomic mass is 9.91. The summed E-state index contributed by atoms with van der Waals surface area (Å²) in [5, 5.41) is 12.4. The monoisotopic (exact) mass is 536 g/mol. The number of rotatable bonds is 15. The van der Waals surface area contributed by atoms with Crippen LogP contribution in [0.4, 0.5) is 0 Å². The van der Waals surface area contributed by atoms with Crippen molar-refractivity contribution in [2.75, 3.05) is 19.8 Å². The fourth-order valence-corrected chi connectivity index (χ4v) is 5.34. The SMILES string of the molecule is CCCCCCCCc1ccc([C@H]2CCN[C@@H]2COCCCc2cc(-c3ccccn3)nnc2C)cc1.Cl. The summed E-state index contributed by atoms with van der Waals surface area (Å²) in [5.41, 5.74) is 6.82. The Morgan fingerprint density at radius 3 is 2.50 bits per heavy atom. The zero-order chi connectivity index (χ0) is 25.7. The quantitative estimate of drug-likeness (QED) is 0.207. The van der Waals surface area contributed by atoms with E-state index >= 15 is 0 Å². The van der Waals surface area contributed by atoms with Gasteiger partial charge in [-0.1, -0.05) is 69.4 Å². The van der Waals surface area contributed by atoms with Crippen LogP contribution in [0.15, 0.2) is 54.7 Å². The molecule has 3 aromatic rings. The minimum atomic E-state index is 0. The molecule has 0 bridgehead atoms. The highest BCUT2D eigenvalue weighted by atomic mass is 35.5. The summed E-state index contributed by atoms with van der Waals surface area (Å²) in [5.74, 6) is 0.538. The van der Waals surface area contributed by atoms with Gasteiger partial charge in [-0.05, 0) is 80.5 Å². The normalized spacial score (nSPS) is 16.9. The van der Waals surface area contributed by atoms with Gasteiger partial charge >= 0.3 is 0 Å². The summed E-state index contributed by atoms with van der Waals surface area (Å²) in [4.78, 5) is 4.40. The van der Waals surface area contributed by atoms with Crippen molar-refractivity contribution < 1.29 is 4.74 Å². The van der Waals surface area contributed by atoms with Crippen LogP contribution in [0.25, 0.3) is 11.4 Å². The Bertz CT molecular complexity index is 1060. The topological polar surface area (TPSA) is 59.9 Å². The van der Waals surface area contributed by atoms with E-state index in [2.05, 4.69) is 57.8 Å². The van der Waals surface area contributed by atoms with Crippen LogP contribution in [0.5, 0.6) is 0 Å². The molecule has 0 amide bonds. The molecule has 0 spiro atoms. The Morgan fingerprint density at radius 2 is 1.71 bits per heavy atom. The minimum absolute atomic E-state index is 0. The summed E-state index contributed by atoms with van der Waals surface area (Å²) in [6.07, 6.45) is 14.2. The summed E-state index contributed by atoms with van der Waals surface area (Å²) in [7, 11) is 0. The fraction of sp³-hybridized carbons (Fsp3) is 0.531. The Labute approximate surface area is 235 Å². The molecule has 38 heavy (non-hydrogen) atoms. The van der Waals surface area contributed by atoms with Crippen LogP contribution in [-0.2, 0) is 17.6 Å². The first-order valence-electron chi connectivity index (χ1n) is 14.4. The van der Waals surface area contributed by atoms with Crippen molar-refractivity contribution in [1.29, 1.82) is 0 Å². The molecular weight excluding hydrogens is 492 g/mol. The van der Waals surface area contributed by atoms with Crippen molar-refractivity contribution in [2.45, 2.75) is 90.0 Å². The number of aryl methyl sites for hydroxylation is 3. The van der Waals surface area contributed by atoms with Gasteiger partial charge in [0.15, 0.2) is 0 Å². The number of hydrogen-bond donors (Lipinski definition) is 1. The molecule has 0 radical (unpaired) electrons. The second-order valence-electron chi connectivity index (χ2n) is 10.4. The minimum Gasteiger partial charge on any atom is -0.380 e. The van der Waals surface area contributed by atoms with Crippen molar-refractivity contribution in [2.24, 2.45) is 0 Å². The van der Waals surface area contributed by atoms with E-state index in [0.717, 1.165) is 49.7 Å². The molecule has 206 valence electrons. The van der Waals surface area contributed by atoms with Gasteiger partial charge in [-0.2, -0.15) is 5.10 Å². The molecule has 1 aliphatic heterocycles. The molecule has 1 aliphatic rings. The van der Waals surface area contributed by atoms with E-state index in [0.29, 0.717) is 12.0 Å². The number of nitrogens with zero attached hydrogens (tertiary/aromatic N) is 3. The average molecular weight is 537 g/mol. The van der Waals surface area contributed by atoms with Crippen LogP contribution in [0, 0.1) is 6.92 Å². The molecule has 2 atom stereocenters. The first kappa shape index (κ1) is 30.2. The van der Waals surface area contributed by atoms with Gasteiger partial charge in [0.2, 0.25) is 0 Å². The molecule has 5 nitrogen and oxygen atoms in total. The second kappa shape index (κ2) is 16.6. The van der Waals surface area contributed by atoms with Gasteiger partial charge in [-0.25, -0.2) is 0 Å². The summed E-state index contributed by atoms with van der Waals surface area (Å²) >= 11 is 0. The lowest BCUT2D eigenvalue weighted by molar-refractivity contribution is 0.110. The fourth-order valence-electron chi connectivity index (χ4n) is 5.34. The molecule has 3 heterocycles. The highest BCUT2D eigenvalue weighted by Crippen LogP contribution is 2.28. The molecule has 6 heteroatoms. The number of unbranched alkanes of at least 4 members (excludes halogenated alkanes) is 5. The van der Waals surface area contributed by atoms with Gasteiger partial charge in [0.25, 0.3) is 0 Å². The Morgan fingerprint density at radius 1 is 0.895 bits per heavy atom. The molecule has 4 rings (SSSR count). The molecule has 1 fully saturated rings. The third kappa shape index (κ3) is 9.14. The molecule has 0 unspecified atom stereocenters. The summed E-state index contributed by atoms with van der Waals surface area (Å²) < 4.78 is 6.15. The van der Waals surface area contributed by atoms with Gasteiger partial charge in [0.05, 0.1) is 18.0 Å². The van der Waals surface area contributed by atoms with E-state index in [1.165, 1.54) is 68.1 Å². The van der Waals surface area contributed by atoms with E-state index in [1.807, 2.05) is 25.1 Å². The third-order valence-electron chi connectivity index (χ3n) is 7.62. The predicted octanol–water partition coefficient (Wildman–Crippen LogP) is 7.27. The van der Waals surface area contributed by atoms with Crippen LogP contribution < -0.4 is 5.32 Å². The van der Waals surface area contributed by atoms with Crippen LogP contribution in [0.2, 0.25) is 0 Å². The number of pyridine rings is 1. The second-order valence-corrected chi connectivity index (χ2v) is 10.4. The van der Waals surface area contributed by atoms with Crippen LogP contribution in [0.3, 0.4) is 0 Å².